The van der Waals surface area contributed by atoms with Gasteiger partial charge in [-0.1, -0.05) is 12.1 Å². The molecule has 0 aromatic heterocycles. The van der Waals surface area contributed by atoms with Crippen molar-refractivity contribution in [2.75, 3.05) is 0 Å². The third kappa shape index (κ3) is 5.51. The van der Waals surface area contributed by atoms with E-state index in [4.69, 9.17) is 15.6 Å². The number of hydrogen-bond acceptors (Lipinski definition) is 4. The minimum atomic E-state index is -1.38. The number of carboxylic acid groups (broad SMARTS) is 1. The van der Waals surface area contributed by atoms with E-state index in [1.54, 1.807) is 20.8 Å². The topological polar surface area (TPSA) is 89.6 Å². The second-order valence-electron chi connectivity index (χ2n) is 5.83. The van der Waals surface area contributed by atoms with E-state index in [2.05, 4.69) is 0 Å². The monoisotopic (exact) mass is 297 g/mol. The molecule has 0 fully saturated rings. The number of aliphatic carboxylic acids is 1. The standard InChI is InChI=1S/C15H20FNO4/c1-15(2,3)21-14(20)11(12(17)13(18)19)8-9-4-6-10(16)7-5-9/h4-7,11-12H,8,17H2,1-3H3,(H,18,19)/t11?,12-/m1/s1. The molecule has 0 spiro atoms. The van der Waals surface area contributed by atoms with Gasteiger partial charge in [-0.3, -0.25) is 9.59 Å². The molecule has 0 saturated carbocycles. The van der Waals surface area contributed by atoms with E-state index in [1.165, 1.54) is 24.3 Å². The summed E-state index contributed by atoms with van der Waals surface area (Å²) in [6, 6.07) is 4.08. The maximum Gasteiger partial charge on any atom is 0.321 e. The third-order valence-electron chi connectivity index (χ3n) is 2.80. The Balaban J connectivity index is 2.94. The summed E-state index contributed by atoms with van der Waals surface area (Å²) in [6.07, 6.45) is 0.0721. The van der Waals surface area contributed by atoms with Crippen LogP contribution in [0, 0.1) is 11.7 Å². The molecule has 1 rings (SSSR count). The molecule has 116 valence electrons. The molecule has 21 heavy (non-hydrogen) atoms. The van der Waals surface area contributed by atoms with Crippen molar-refractivity contribution < 1.29 is 23.8 Å². The number of hydrogen-bond donors (Lipinski definition) is 2. The fraction of sp³-hybridized carbons (Fsp3) is 0.467. The van der Waals surface area contributed by atoms with Crippen molar-refractivity contribution in [2.24, 2.45) is 11.7 Å². The summed E-state index contributed by atoms with van der Waals surface area (Å²) in [5.74, 6) is -3.41. The first-order valence-corrected chi connectivity index (χ1v) is 6.56. The van der Waals surface area contributed by atoms with Crippen molar-refractivity contribution in [3.05, 3.63) is 35.6 Å². The summed E-state index contributed by atoms with van der Waals surface area (Å²) in [7, 11) is 0. The maximum absolute atomic E-state index is 12.9. The van der Waals surface area contributed by atoms with Crippen LogP contribution in [-0.2, 0) is 20.7 Å². The Morgan fingerprint density at radius 2 is 1.81 bits per heavy atom. The van der Waals surface area contributed by atoms with E-state index in [0.717, 1.165) is 0 Å². The van der Waals surface area contributed by atoms with E-state index in [9.17, 15) is 14.0 Å². The van der Waals surface area contributed by atoms with Gasteiger partial charge in [-0.15, -0.1) is 0 Å². The van der Waals surface area contributed by atoms with Gasteiger partial charge in [-0.05, 0) is 44.9 Å². The van der Waals surface area contributed by atoms with Crippen LogP contribution in [0.1, 0.15) is 26.3 Å². The molecule has 0 saturated heterocycles. The Bertz CT molecular complexity index is 507. The van der Waals surface area contributed by atoms with Gasteiger partial charge in [0, 0.05) is 0 Å². The van der Waals surface area contributed by atoms with Gasteiger partial charge in [0.15, 0.2) is 0 Å². The first-order valence-electron chi connectivity index (χ1n) is 6.56. The van der Waals surface area contributed by atoms with Crippen LogP contribution in [0.3, 0.4) is 0 Å². The lowest BCUT2D eigenvalue weighted by atomic mass is 9.92. The molecule has 0 bridgehead atoms. The van der Waals surface area contributed by atoms with Crippen LogP contribution in [0.15, 0.2) is 24.3 Å². The van der Waals surface area contributed by atoms with E-state index >= 15 is 0 Å². The van der Waals surface area contributed by atoms with Gasteiger partial charge >= 0.3 is 11.9 Å². The summed E-state index contributed by atoms with van der Waals surface area (Å²) >= 11 is 0. The van der Waals surface area contributed by atoms with Crippen molar-refractivity contribution in [1.29, 1.82) is 0 Å². The Labute approximate surface area is 122 Å². The normalized spacial score (nSPS) is 14.3. The van der Waals surface area contributed by atoms with Gasteiger partial charge in [0.2, 0.25) is 0 Å². The Morgan fingerprint density at radius 1 is 1.29 bits per heavy atom. The maximum atomic E-state index is 12.9. The van der Waals surface area contributed by atoms with Gasteiger partial charge in [0.05, 0.1) is 5.92 Å². The number of carbonyl (C=O) groups is 2. The van der Waals surface area contributed by atoms with Crippen LogP contribution < -0.4 is 5.73 Å². The SMILES string of the molecule is CC(C)(C)OC(=O)C(Cc1ccc(F)cc1)[C@@H](N)C(=O)O. The fourth-order valence-corrected chi connectivity index (χ4v) is 1.78. The molecule has 1 unspecified atom stereocenters. The molecule has 6 heteroatoms. The number of rotatable bonds is 5. The van der Waals surface area contributed by atoms with Crippen LogP contribution in [0.2, 0.25) is 0 Å². The van der Waals surface area contributed by atoms with E-state index < -0.39 is 35.3 Å². The molecule has 0 aliphatic heterocycles. The average molecular weight is 297 g/mol. The minimum absolute atomic E-state index is 0.0721. The zero-order chi connectivity index (χ0) is 16.2. The largest absolute Gasteiger partial charge is 0.480 e. The first kappa shape index (κ1) is 17.1. The molecule has 2 atom stereocenters. The number of esters is 1. The highest BCUT2D eigenvalue weighted by atomic mass is 19.1. The Hall–Kier alpha value is -1.95. The quantitative estimate of drug-likeness (QED) is 0.808. The van der Waals surface area contributed by atoms with E-state index in [-0.39, 0.29) is 6.42 Å². The van der Waals surface area contributed by atoms with Crippen LogP contribution in [-0.4, -0.2) is 28.7 Å². The molecular weight excluding hydrogens is 277 g/mol. The van der Waals surface area contributed by atoms with Crippen molar-refractivity contribution in [1.82, 2.24) is 0 Å². The zero-order valence-corrected chi connectivity index (χ0v) is 12.3. The van der Waals surface area contributed by atoms with Crippen LogP contribution in [0.25, 0.3) is 0 Å². The van der Waals surface area contributed by atoms with Crippen LogP contribution >= 0.6 is 0 Å². The van der Waals surface area contributed by atoms with Gasteiger partial charge in [-0.2, -0.15) is 0 Å². The predicted molar refractivity (Wildman–Crippen MR) is 75.1 cm³/mol. The molecule has 0 amide bonds. The zero-order valence-electron chi connectivity index (χ0n) is 12.3. The van der Waals surface area contributed by atoms with Crippen molar-refractivity contribution >= 4 is 11.9 Å². The summed E-state index contributed by atoms with van der Waals surface area (Å²) in [4.78, 5) is 23.2. The number of nitrogens with two attached hydrogens (primary N) is 1. The highest BCUT2D eigenvalue weighted by molar-refractivity contribution is 5.83. The summed E-state index contributed by atoms with van der Waals surface area (Å²) in [5, 5.41) is 9.03. The summed E-state index contributed by atoms with van der Waals surface area (Å²) in [5.41, 5.74) is 5.46. The summed E-state index contributed by atoms with van der Waals surface area (Å²) < 4.78 is 18.1. The smallest absolute Gasteiger partial charge is 0.321 e. The van der Waals surface area contributed by atoms with Crippen molar-refractivity contribution in [2.45, 2.75) is 38.8 Å². The lowest BCUT2D eigenvalue weighted by Gasteiger charge is -2.25. The second kappa shape index (κ2) is 6.67. The Morgan fingerprint density at radius 3 is 2.24 bits per heavy atom. The molecule has 0 heterocycles. The van der Waals surface area contributed by atoms with Crippen molar-refractivity contribution in [3.8, 4) is 0 Å². The number of halogens is 1. The number of ether oxygens (including phenoxy) is 1. The molecule has 1 aromatic carbocycles. The molecule has 3 N–H and O–H groups in total. The number of benzene rings is 1. The Kier molecular flexibility index (Phi) is 5.43. The molecule has 0 aliphatic rings. The third-order valence-corrected chi connectivity index (χ3v) is 2.80. The molecule has 0 radical (unpaired) electrons. The minimum Gasteiger partial charge on any atom is -0.480 e. The molecule has 5 nitrogen and oxygen atoms in total. The average Bonchev–Trinajstić information content (AvgIpc) is 2.35. The van der Waals surface area contributed by atoms with Crippen LogP contribution in [0.5, 0.6) is 0 Å². The highest BCUT2D eigenvalue weighted by Crippen LogP contribution is 2.18. The lowest BCUT2D eigenvalue weighted by Crippen LogP contribution is -2.45. The second-order valence-corrected chi connectivity index (χ2v) is 5.83. The predicted octanol–water partition coefficient (Wildman–Crippen LogP) is 1.74. The highest BCUT2D eigenvalue weighted by Gasteiger charge is 2.34. The van der Waals surface area contributed by atoms with Crippen LogP contribution in [0.4, 0.5) is 4.39 Å². The van der Waals surface area contributed by atoms with Gasteiger partial charge in [-0.25, -0.2) is 4.39 Å². The fourth-order valence-electron chi connectivity index (χ4n) is 1.78. The lowest BCUT2D eigenvalue weighted by molar-refractivity contribution is -0.163. The van der Waals surface area contributed by atoms with Crippen molar-refractivity contribution in [3.63, 3.8) is 0 Å². The summed E-state index contributed by atoms with van der Waals surface area (Å²) in [6.45, 7) is 5.06. The molecular formula is C15H20FNO4. The van der Waals surface area contributed by atoms with Gasteiger partial charge in [0.25, 0.3) is 0 Å². The van der Waals surface area contributed by atoms with Gasteiger partial charge in [0.1, 0.15) is 17.5 Å². The van der Waals surface area contributed by atoms with E-state index in [0.29, 0.717) is 5.56 Å². The molecule has 0 aliphatic carbocycles. The number of carboxylic acids is 1. The van der Waals surface area contributed by atoms with Gasteiger partial charge < -0.3 is 15.6 Å². The number of carbonyl (C=O) groups excluding carboxylic acids is 1. The first-order chi connectivity index (χ1) is 9.60. The van der Waals surface area contributed by atoms with E-state index in [1.807, 2.05) is 0 Å². The molecule has 1 aromatic rings.